The zero-order valence-electron chi connectivity index (χ0n) is 17.7. The Labute approximate surface area is 185 Å². The first-order chi connectivity index (χ1) is 14.5. The van der Waals surface area contributed by atoms with Crippen molar-refractivity contribution in [3.05, 3.63) is 0 Å². The summed E-state index contributed by atoms with van der Waals surface area (Å²) in [4.78, 5) is 52.0. The Morgan fingerprint density at radius 3 is 2.00 bits per heavy atom. The molecule has 0 spiro atoms. The van der Waals surface area contributed by atoms with Crippen LogP contribution in [0.5, 0.6) is 0 Å². The molecule has 0 aliphatic heterocycles. The Morgan fingerprint density at radius 2 is 1.52 bits per heavy atom. The van der Waals surface area contributed by atoms with Crippen LogP contribution in [0.15, 0.2) is 4.99 Å². The van der Waals surface area contributed by atoms with Crippen molar-refractivity contribution in [2.75, 3.05) is 25.2 Å². The van der Waals surface area contributed by atoms with E-state index in [4.69, 9.17) is 17.2 Å². The number of thioether (sulfide) groups is 1. The van der Waals surface area contributed by atoms with Crippen molar-refractivity contribution in [1.82, 2.24) is 16.0 Å². The molecule has 0 saturated heterocycles. The van der Waals surface area contributed by atoms with E-state index in [2.05, 4.69) is 20.9 Å². The fourth-order valence-corrected chi connectivity index (χ4v) is 2.78. The predicted octanol–water partition coefficient (Wildman–Crippen LogP) is -3.33. The van der Waals surface area contributed by atoms with Crippen LogP contribution in [0.1, 0.15) is 26.2 Å². The molecule has 0 aliphatic carbocycles. The molecule has 0 bridgehead atoms. The van der Waals surface area contributed by atoms with Crippen LogP contribution in [-0.4, -0.2) is 89.2 Å². The molecule has 0 radical (unpaired) electrons. The number of guanidine groups is 1. The Morgan fingerprint density at radius 1 is 0.968 bits per heavy atom. The molecule has 0 saturated carbocycles. The highest BCUT2D eigenvalue weighted by Crippen LogP contribution is 2.03. The number of hydrogen-bond donors (Lipinski definition) is 8. The van der Waals surface area contributed by atoms with Gasteiger partial charge in [0.1, 0.15) is 18.1 Å². The number of aliphatic hydroxyl groups is 1. The molecule has 13 nitrogen and oxygen atoms in total. The van der Waals surface area contributed by atoms with Crippen LogP contribution in [0.4, 0.5) is 0 Å². The largest absolute Gasteiger partial charge is 0.480 e. The molecule has 11 N–H and O–H groups in total. The number of aliphatic carboxylic acids is 1. The maximum Gasteiger partial charge on any atom is 0.326 e. The first-order valence-electron chi connectivity index (χ1n) is 9.58. The molecule has 0 aromatic heterocycles. The third kappa shape index (κ3) is 12.0. The van der Waals surface area contributed by atoms with E-state index in [9.17, 15) is 29.4 Å². The maximum absolute atomic E-state index is 12.6. The van der Waals surface area contributed by atoms with Gasteiger partial charge in [-0.05, 0) is 38.2 Å². The summed E-state index contributed by atoms with van der Waals surface area (Å²) in [5.74, 6) is -3.05. The molecule has 4 atom stereocenters. The first kappa shape index (κ1) is 28.4. The number of carboxylic acid groups (broad SMARTS) is 1. The normalized spacial score (nSPS) is 14.5. The van der Waals surface area contributed by atoms with Crippen molar-refractivity contribution in [3.8, 4) is 0 Å². The summed E-state index contributed by atoms with van der Waals surface area (Å²) in [6.07, 6.45) is 2.43. The number of nitrogens with two attached hydrogens (primary N) is 3. The number of aliphatic imine (C=N–C) groups is 1. The SMILES string of the molecule is CSCCC(NC(=O)C(CO)NC(=O)C(CCCN=C(N)N)NC(=O)C(C)N)C(=O)O. The Balaban J connectivity index is 5.16. The topological polar surface area (TPSA) is 235 Å². The van der Waals surface area contributed by atoms with E-state index in [1.807, 2.05) is 0 Å². The van der Waals surface area contributed by atoms with Crippen molar-refractivity contribution < 1.29 is 29.4 Å². The van der Waals surface area contributed by atoms with Crippen LogP contribution in [0.3, 0.4) is 0 Å². The lowest BCUT2D eigenvalue weighted by atomic mass is 10.1. The standard InChI is InChI=1S/C17H33N7O6S/c1-9(18)13(26)22-10(4-3-6-21-17(19)20)14(27)24-12(8-25)15(28)23-11(16(29)30)5-7-31-2/h9-12,25H,3-8,18H2,1-2H3,(H,22,26)(H,23,28)(H,24,27)(H,29,30)(H4,19,20,21). The molecule has 0 aromatic rings. The van der Waals surface area contributed by atoms with Gasteiger partial charge in [-0.25, -0.2) is 4.79 Å². The minimum Gasteiger partial charge on any atom is -0.480 e. The quantitative estimate of drug-likeness (QED) is 0.0683. The fraction of sp³-hybridized carbons (Fsp3) is 0.706. The molecule has 0 heterocycles. The zero-order valence-corrected chi connectivity index (χ0v) is 18.5. The second kappa shape index (κ2) is 15.3. The maximum atomic E-state index is 12.6. The Hall–Kier alpha value is -2.58. The van der Waals surface area contributed by atoms with Crippen LogP contribution in [0.2, 0.25) is 0 Å². The highest BCUT2D eigenvalue weighted by Gasteiger charge is 2.29. The van der Waals surface area contributed by atoms with Crippen molar-refractivity contribution in [1.29, 1.82) is 0 Å². The van der Waals surface area contributed by atoms with Crippen molar-refractivity contribution in [2.45, 2.75) is 50.4 Å². The van der Waals surface area contributed by atoms with Crippen molar-refractivity contribution in [3.63, 3.8) is 0 Å². The molecule has 0 rings (SSSR count). The number of carboxylic acids is 1. The van der Waals surface area contributed by atoms with E-state index in [1.54, 1.807) is 6.26 Å². The number of carbonyl (C=O) groups is 4. The smallest absolute Gasteiger partial charge is 0.326 e. The third-order valence-corrected chi connectivity index (χ3v) is 4.68. The van der Waals surface area contributed by atoms with Crippen LogP contribution < -0.4 is 33.2 Å². The number of aliphatic hydroxyl groups excluding tert-OH is 1. The number of nitrogens with one attached hydrogen (secondary N) is 3. The summed E-state index contributed by atoms with van der Waals surface area (Å²) in [6, 6.07) is -4.52. The van der Waals surface area contributed by atoms with E-state index in [-0.39, 0.29) is 25.3 Å². The van der Waals surface area contributed by atoms with Gasteiger partial charge in [0.2, 0.25) is 17.7 Å². The van der Waals surface area contributed by atoms with E-state index < -0.39 is 54.5 Å². The third-order valence-electron chi connectivity index (χ3n) is 4.03. The second-order valence-electron chi connectivity index (χ2n) is 6.72. The van der Waals surface area contributed by atoms with Gasteiger partial charge >= 0.3 is 5.97 Å². The molecular weight excluding hydrogens is 430 g/mol. The summed E-state index contributed by atoms with van der Waals surface area (Å²) >= 11 is 1.41. The van der Waals surface area contributed by atoms with Gasteiger partial charge in [0.25, 0.3) is 0 Å². The number of rotatable bonds is 15. The average Bonchev–Trinajstić information content (AvgIpc) is 2.70. The average molecular weight is 464 g/mol. The minimum atomic E-state index is -1.41. The molecule has 0 aromatic carbocycles. The number of carbonyl (C=O) groups excluding carboxylic acids is 3. The van der Waals surface area contributed by atoms with Gasteiger partial charge in [-0.2, -0.15) is 11.8 Å². The molecule has 178 valence electrons. The van der Waals surface area contributed by atoms with Crippen LogP contribution >= 0.6 is 11.8 Å². The summed E-state index contributed by atoms with van der Waals surface area (Å²) in [5.41, 5.74) is 16.0. The number of hydrogen-bond acceptors (Lipinski definition) is 8. The van der Waals surface area contributed by atoms with Crippen molar-refractivity contribution in [2.24, 2.45) is 22.2 Å². The predicted molar refractivity (Wildman–Crippen MR) is 117 cm³/mol. The van der Waals surface area contributed by atoms with Crippen LogP contribution in [0.25, 0.3) is 0 Å². The van der Waals surface area contributed by atoms with E-state index in [1.165, 1.54) is 18.7 Å². The Kier molecular flexibility index (Phi) is 14.0. The first-order valence-corrected chi connectivity index (χ1v) is 11.0. The molecule has 0 aliphatic rings. The highest BCUT2D eigenvalue weighted by atomic mass is 32.2. The van der Waals surface area contributed by atoms with Crippen molar-refractivity contribution >= 4 is 41.4 Å². The molecule has 3 amide bonds. The van der Waals surface area contributed by atoms with Gasteiger partial charge in [-0.1, -0.05) is 0 Å². The van der Waals surface area contributed by atoms with Gasteiger partial charge in [0.05, 0.1) is 12.6 Å². The van der Waals surface area contributed by atoms with Crippen LogP contribution in [-0.2, 0) is 19.2 Å². The summed E-state index contributed by atoms with van der Waals surface area (Å²) in [6.45, 7) is 0.878. The fourth-order valence-electron chi connectivity index (χ4n) is 2.31. The van der Waals surface area contributed by atoms with E-state index in [0.29, 0.717) is 12.2 Å². The monoisotopic (exact) mass is 463 g/mol. The summed E-state index contributed by atoms with van der Waals surface area (Å²) in [5, 5.41) is 25.8. The lowest BCUT2D eigenvalue weighted by Gasteiger charge is -2.24. The second-order valence-corrected chi connectivity index (χ2v) is 7.71. The number of nitrogens with zero attached hydrogens (tertiary/aromatic N) is 1. The molecule has 4 unspecified atom stereocenters. The lowest BCUT2D eigenvalue weighted by molar-refractivity contribution is -0.142. The minimum absolute atomic E-state index is 0.118. The van der Waals surface area contributed by atoms with Gasteiger partial charge in [-0.3, -0.25) is 19.4 Å². The van der Waals surface area contributed by atoms with Gasteiger partial charge in [-0.15, -0.1) is 0 Å². The Bertz CT molecular complexity index is 642. The summed E-state index contributed by atoms with van der Waals surface area (Å²) < 4.78 is 0. The molecule has 31 heavy (non-hydrogen) atoms. The zero-order chi connectivity index (χ0) is 24.0. The van der Waals surface area contributed by atoms with Gasteiger partial charge in [0, 0.05) is 6.54 Å². The van der Waals surface area contributed by atoms with Gasteiger partial charge in [0.15, 0.2) is 5.96 Å². The molecule has 0 fully saturated rings. The van der Waals surface area contributed by atoms with E-state index >= 15 is 0 Å². The van der Waals surface area contributed by atoms with E-state index in [0.717, 1.165) is 0 Å². The number of amides is 3. The lowest BCUT2D eigenvalue weighted by Crippen LogP contribution is -2.58. The summed E-state index contributed by atoms with van der Waals surface area (Å²) in [7, 11) is 0. The highest BCUT2D eigenvalue weighted by molar-refractivity contribution is 7.98. The molecular formula is C17H33N7O6S. The van der Waals surface area contributed by atoms with Crippen LogP contribution in [0, 0.1) is 0 Å². The molecule has 14 heteroatoms. The van der Waals surface area contributed by atoms with Gasteiger partial charge < -0.3 is 43.4 Å².